The van der Waals surface area contributed by atoms with Crippen molar-refractivity contribution in [3.05, 3.63) is 35.0 Å². The van der Waals surface area contributed by atoms with Crippen LogP contribution in [0.25, 0.3) is 0 Å². The van der Waals surface area contributed by atoms with E-state index in [0.717, 1.165) is 0 Å². The Hall–Kier alpha value is -1.81. The number of methoxy groups -OCH3 is 1. The molecule has 0 aromatic heterocycles. The minimum atomic E-state index is -0.769. The first-order valence-electron chi connectivity index (χ1n) is 7.89. The fourth-order valence-electron chi connectivity index (χ4n) is 2.89. The number of hydrogen-bond donors (Lipinski definition) is 3. The number of amides is 2. The Labute approximate surface area is 159 Å². The molecule has 0 saturated carbocycles. The van der Waals surface area contributed by atoms with Gasteiger partial charge >= 0.3 is 5.97 Å². The van der Waals surface area contributed by atoms with Crippen LogP contribution in [0.2, 0.25) is 0 Å². The summed E-state index contributed by atoms with van der Waals surface area (Å²) in [4.78, 5) is 37.5. The van der Waals surface area contributed by atoms with Gasteiger partial charge in [0.25, 0.3) is 0 Å². The number of aliphatic hydroxyl groups excluding tert-OH is 1. The van der Waals surface area contributed by atoms with E-state index >= 15 is 0 Å². The summed E-state index contributed by atoms with van der Waals surface area (Å²) in [6, 6.07) is -0.769. The van der Waals surface area contributed by atoms with Crippen LogP contribution in [-0.4, -0.2) is 57.8 Å². The van der Waals surface area contributed by atoms with E-state index in [-0.39, 0.29) is 29.0 Å². The molecule has 2 unspecified atom stereocenters. The molecule has 0 bridgehead atoms. The highest BCUT2D eigenvalue weighted by Crippen LogP contribution is 2.44. The topological polar surface area (TPSA) is 122 Å². The van der Waals surface area contributed by atoms with Crippen LogP contribution in [0.4, 0.5) is 0 Å². The highest BCUT2D eigenvalue weighted by atomic mass is 35.5. The van der Waals surface area contributed by atoms with Crippen LogP contribution in [0.15, 0.2) is 35.0 Å². The van der Waals surface area contributed by atoms with Crippen molar-refractivity contribution >= 4 is 41.1 Å². The lowest BCUT2D eigenvalue weighted by molar-refractivity contribution is -0.149. The number of halogens is 1. The van der Waals surface area contributed by atoms with Crippen molar-refractivity contribution in [3.63, 3.8) is 0 Å². The Bertz CT molecular complexity index is 723. The third kappa shape index (κ3) is 3.39. The van der Waals surface area contributed by atoms with Gasteiger partial charge in [-0.05, 0) is 0 Å². The fourth-order valence-corrected chi connectivity index (χ4v) is 4.60. The van der Waals surface area contributed by atoms with E-state index in [1.165, 1.54) is 23.8 Å². The summed E-state index contributed by atoms with van der Waals surface area (Å²) < 4.78 is 4.70. The molecule has 0 spiro atoms. The monoisotopic (exact) mass is 399 g/mol. The predicted octanol–water partition coefficient (Wildman–Crippen LogP) is -0.212. The first kappa shape index (κ1) is 19.0. The minimum absolute atomic E-state index is 0.0249. The summed E-state index contributed by atoms with van der Waals surface area (Å²) in [5.74, 6) is -1.60. The molecule has 3 aliphatic rings. The van der Waals surface area contributed by atoms with Gasteiger partial charge in [-0.2, -0.15) is 0 Å². The zero-order valence-electron chi connectivity index (χ0n) is 13.8. The number of thioether (sulfide) groups is 1. The van der Waals surface area contributed by atoms with Gasteiger partial charge in [0.1, 0.15) is 22.5 Å². The van der Waals surface area contributed by atoms with E-state index in [2.05, 4.69) is 5.32 Å². The van der Waals surface area contributed by atoms with Gasteiger partial charge in [0, 0.05) is 12.3 Å². The van der Waals surface area contributed by atoms with Gasteiger partial charge < -0.3 is 20.9 Å². The van der Waals surface area contributed by atoms with Crippen LogP contribution in [-0.2, 0) is 19.1 Å². The zero-order chi connectivity index (χ0) is 19.0. The number of aliphatic hydroxyl groups is 1. The van der Waals surface area contributed by atoms with Gasteiger partial charge in [0.2, 0.25) is 11.8 Å². The molecule has 140 valence electrons. The molecule has 0 aromatic carbocycles. The van der Waals surface area contributed by atoms with Crippen LogP contribution in [0.5, 0.6) is 0 Å². The number of nitrogens with one attached hydrogen (secondary N) is 1. The van der Waals surface area contributed by atoms with Gasteiger partial charge in [-0.3, -0.25) is 14.5 Å². The number of β-lactam (4-membered cyclic amide) rings is 1. The third-order valence-electron chi connectivity index (χ3n) is 4.26. The van der Waals surface area contributed by atoms with Gasteiger partial charge in [-0.15, -0.1) is 11.8 Å². The summed E-state index contributed by atoms with van der Waals surface area (Å²) >= 11 is 7.48. The van der Waals surface area contributed by atoms with Crippen molar-refractivity contribution in [3.8, 4) is 0 Å². The average Bonchev–Trinajstić information content (AvgIpc) is 2.63. The third-order valence-corrected chi connectivity index (χ3v) is 6.20. The summed E-state index contributed by atoms with van der Waals surface area (Å²) in [6.45, 7) is 0. The highest BCUT2D eigenvalue weighted by molar-refractivity contribution is 8.01. The number of carbonyl (C=O) groups is 3. The van der Waals surface area contributed by atoms with Gasteiger partial charge in [0.05, 0.1) is 18.2 Å². The quantitative estimate of drug-likeness (QED) is 0.339. The lowest BCUT2D eigenvalue weighted by Crippen LogP contribution is -2.69. The zero-order valence-corrected chi connectivity index (χ0v) is 15.4. The Morgan fingerprint density at radius 1 is 1.38 bits per heavy atom. The molecular weight excluding hydrogens is 382 g/mol. The van der Waals surface area contributed by atoms with Gasteiger partial charge in [0.15, 0.2) is 0 Å². The van der Waals surface area contributed by atoms with Crippen LogP contribution in [0.1, 0.15) is 6.42 Å². The number of ether oxygens (including phenoxy) is 1. The number of nitrogens with zero attached hydrogens (tertiary/aromatic N) is 1. The molecule has 8 nitrogen and oxygen atoms in total. The molecule has 0 aromatic rings. The number of carbonyl (C=O) groups excluding carboxylic acids is 3. The summed E-state index contributed by atoms with van der Waals surface area (Å²) in [5.41, 5.74) is 5.71. The maximum atomic E-state index is 12.3. The van der Waals surface area contributed by atoms with Crippen LogP contribution < -0.4 is 11.1 Å². The molecule has 0 radical (unpaired) electrons. The molecule has 2 heterocycles. The second-order valence-electron chi connectivity index (χ2n) is 6.02. The average molecular weight is 400 g/mol. The van der Waals surface area contributed by atoms with E-state index < -0.39 is 34.8 Å². The van der Waals surface area contributed by atoms with Crippen LogP contribution in [0, 0.1) is 5.92 Å². The molecule has 1 saturated heterocycles. The Morgan fingerprint density at radius 3 is 2.65 bits per heavy atom. The van der Waals surface area contributed by atoms with Crippen LogP contribution >= 0.6 is 23.4 Å². The smallest absolute Gasteiger partial charge is 0.356 e. The molecule has 26 heavy (non-hydrogen) atoms. The highest BCUT2D eigenvalue weighted by Gasteiger charge is 2.54. The maximum Gasteiger partial charge on any atom is 0.356 e. The molecule has 1 aliphatic carbocycles. The van der Waals surface area contributed by atoms with E-state index in [1.807, 2.05) is 0 Å². The lowest BCUT2D eigenvalue weighted by Gasteiger charge is -2.49. The second-order valence-corrected chi connectivity index (χ2v) is 7.66. The van der Waals surface area contributed by atoms with Crippen molar-refractivity contribution < 1.29 is 24.2 Å². The molecular formula is C16H18ClN3O5S. The number of esters is 1. The largest absolute Gasteiger partial charge is 0.464 e. The fraction of sp³-hybridized carbons (Fsp3) is 0.438. The first-order chi connectivity index (χ1) is 12.3. The van der Waals surface area contributed by atoms with Gasteiger partial charge in [-0.1, -0.05) is 35.9 Å². The second kappa shape index (κ2) is 7.43. The molecule has 1 fully saturated rings. The van der Waals surface area contributed by atoms with E-state index in [9.17, 15) is 19.5 Å². The van der Waals surface area contributed by atoms with Crippen molar-refractivity contribution in [2.24, 2.45) is 11.7 Å². The SMILES string of the molecule is COC(=O)C1=C(Cl)C(NC(=O)CC2C=CC(O)C=C2)S[C@@H]2C(N)C(=O)N12. The molecule has 4 N–H and O–H groups in total. The number of fused-ring (bicyclic) bond motifs is 1. The summed E-state index contributed by atoms with van der Waals surface area (Å²) in [6.07, 6.45) is 6.23. The van der Waals surface area contributed by atoms with Crippen molar-refractivity contribution in [2.45, 2.75) is 29.3 Å². The number of allylic oxidation sites excluding steroid dienone is 2. The Morgan fingerprint density at radius 2 is 2.04 bits per heavy atom. The lowest BCUT2D eigenvalue weighted by atomic mass is 9.98. The number of rotatable bonds is 4. The number of hydrogen-bond acceptors (Lipinski definition) is 7. The Kier molecular flexibility index (Phi) is 5.42. The summed E-state index contributed by atoms with van der Waals surface area (Å²) in [7, 11) is 1.18. The van der Waals surface area contributed by atoms with Crippen molar-refractivity contribution in [2.75, 3.05) is 7.11 Å². The molecule has 3 atom stereocenters. The molecule has 2 amide bonds. The van der Waals surface area contributed by atoms with Crippen molar-refractivity contribution in [1.82, 2.24) is 10.2 Å². The molecule has 2 aliphatic heterocycles. The van der Waals surface area contributed by atoms with E-state index in [4.69, 9.17) is 22.1 Å². The van der Waals surface area contributed by atoms with Crippen LogP contribution in [0.3, 0.4) is 0 Å². The van der Waals surface area contributed by atoms with E-state index in [1.54, 1.807) is 24.3 Å². The first-order valence-corrected chi connectivity index (χ1v) is 9.21. The normalized spacial score (nSPS) is 32.8. The molecule has 3 rings (SSSR count). The van der Waals surface area contributed by atoms with E-state index in [0.29, 0.717) is 0 Å². The minimum Gasteiger partial charge on any atom is -0.464 e. The number of nitrogens with two attached hydrogens (primary N) is 1. The van der Waals surface area contributed by atoms with Crippen molar-refractivity contribution in [1.29, 1.82) is 0 Å². The standard InChI is InChI=1S/C16H18ClN3O5S/c1-25-16(24)12-10(17)13(26-15-11(18)14(23)20(12)15)19-9(22)6-7-2-4-8(21)5-3-7/h2-5,7-8,11,13,15,21H,6,18H2,1H3,(H,19,22)/t7?,8?,11?,13?,15-/m1/s1. The van der Waals surface area contributed by atoms with Gasteiger partial charge in [-0.25, -0.2) is 4.79 Å². The summed E-state index contributed by atoms with van der Waals surface area (Å²) in [5, 5.41) is 11.0. The maximum absolute atomic E-state index is 12.3. The Balaban J connectivity index is 1.73. The predicted molar refractivity (Wildman–Crippen MR) is 95.4 cm³/mol. The molecule has 10 heteroatoms.